The van der Waals surface area contributed by atoms with Gasteiger partial charge >= 0.3 is 0 Å². The lowest BCUT2D eigenvalue weighted by atomic mass is 10.1. The average Bonchev–Trinajstić information content (AvgIpc) is 2.43. The van der Waals surface area contributed by atoms with E-state index in [2.05, 4.69) is 9.80 Å². The first-order valence-corrected chi connectivity index (χ1v) is 7.11. The summed E-state index contributed by atoms with van der Waals surface area (Å²) >= 11 is 0. The number of piperazine rings is 1. The molecule has 1 aliphatic rings. The largest absolute Gasteiger partial charge is 0.368 e. The van der Waals surface area contributed by atoms with Crippen molar-refractivity contribution in [3.05, 3.63) is 35.6 Å². The van der Waals surface area contributed by atoms with Crippen molar-refractivity contribution in [1.29, 1.82) is 0 Å². The minimum absolute atomic E-state index is 0.154. The number of carbonyl (C=O) groups excluding carboxylic acids is 1. The van der Waals surface area contributed by atoms with Crippen LogP contribution in [0.15, 0.2) is 24.3 Å². The molecule has 20 heavy (non-hydrogen) atoms. The molecule has 1 heterocycles. The van der Waals surface area contributed by atoms with E-state index >= 15 is 0 Å². The summed E-state index contributed by atoms with van der Waals surface area (Å²) in [5.74, 6) is -0.409. The fourth-order valence-corrected chi connectivity index (χ4v) is 2.74. The summed E-state index contributed by atoms with van der Waals surface area (Å²) in [5, 5.41) is 0. The van der Waals surface area contributed by atoms with Crippen LogP contribution in [-0.2, 0) is 11.3 Å². The van der Waals surface area contributed by atoms with Gasteiger partial charge in [0.05, 0.1) is 6.04 Å². The van der Waals surface area contributed by atoms with Gasteiger partial charge in [-0.2, -0.15) is 0 Å². The lowest BCUT2D eigenvalue weighted by Gasteiger charge is -2.37. The number of hydrogen-bond acceptors (Lipinski definition) is 3. The summed E-state index contributed by atoms with van der Waals surface area (Å²) < 4.78 is 13.6. The minimum atomic E-state index is -0.255. The maximum atomic E-state index is 13.6. The summed E-state index contributed by atoms with van der Waals surface area (Å²) in [5.41, 5.74) is 6.14. The molecule has 0 aromatic heterocycles. The number of hydrogen-bond donors (Lipinski definition) is 1. The predicted octanol–water partition coefficient (Wildman–Crippen LogP) is 1.21. The van der Waals surface area contributed by atoms with E-state index in [1.165, 1.54) is 6.07 Å². The second-order valence-electron chi connectivity index (χ2n) is 5.23. The standard InChI is InChI=1S/C15H22FN3O/c1-2-14(15(17)20)19-9-7-18(8-10-19)11-12-5-3-4-6-13(12)16/h3-6,14H,2,7-11H2,1H3,(H2,17,20). The molecule has 1 unspecified atom stereocenters. The van der Waals surface area contributed by atoms with Crippen LogP contribution >= 0.6 is 0 Å². The number of carbonyl (C=O) groups is 1. The van der Waals surface area contributed by atoms with E-state index in [9.17, 15) is 9.18 Å². The number of amides is 1. The molecule has 5 heteroatoms. The second kappa shape index (κ2) is 6.81. The lowest BCUT2D eigenvalue weighted by molar-refractivity contribution is -0.124. The molecule has 2 N–H and O–H groups in total. The van der Waals surface area contributed by atoms with E-state index in [4.69, 9.17) is 5.73 Å². The molecule has 1 fully saturated rings. The molecule has 0 radical (unpaired) electrons. The van der Waals surface area contributed by atoms with Crippen molar-refractivity contribution in [2.24, 2.45) is 5.73 Å². The highest BCUT2D eigenvalue weighted by molar-refractivity contribution is 5.79. The fraction of sp³-hybridized carbons (Fsp3) is 0.533. The third kappa shape index (κ3) is 3.55. The molecule has 1 atom stereocenters. The first kappa shape index (κ1) is 14.9. The van der Waals surface area contributed by atoms with Gasteiger partial charge in [0.2, 0.25) is 5.91 Å². The highest BCUT2D eigenvalue weighted by Crippen LogP contribution is 2.14. The summed E-state index contributed by atoms with van der Waals surface area (Å²) in [4.78, 5) is 15.7. The van der Waals surface area contributed by atoms with Crippen LogP contribution in [0.25, 0.3) is 0 Å². The molecule has 4 nitrogen and oxygen atoms in total. The van der Waals surface area contributed by atoms with E-state index in [-0.39, 0.29) is 17.8 Å². The van der Waals surface area contributed by atoms with Crippen molar-refractivity contribution in [3.8, 4) is 0 Å². The molecule has 0 bridgehead atoms. The Morgan fingerprint density at radius 1 is 1.30 bits per heavy atom. The second-order valence-corrected chi connectivity index (χ2v) is 5.23. The van der Waals surface area contributed by atoms with E-state index in [0.717, 1.165) is 38.2 Å². The topological polar surface area (TPSA) is 49.6 Å². The third-order valence-electron chi connectivity index (χ3n) is 3.91. The summed E-state index contributed by atoms with van der Waals surface area (Å²) in [6.07, 6.45) is 0.739. The molecule has 0 spiro atoms. The Balaban J connectivity index is 1.88. The van der Waals surface area contributed by atoms with Gasteiger partial charge in [-0.25, -0.2) is 4.39 Å². The van der Waals surface area contributed by atoms with Crippen molar-refractivity contribution in [2.45, 2.75) is 25.9 Å². The van der Waals surface area contributed by atoms with E-state index in [1.54, 1.807) is 6.07 Å². The minimum Gasteiger partial charge on any atom is -0.368 e. The summed E-state index contributed by atoms with van der Waals surface area (Å²) in [6.45, 7) is 5.86. The van der Waals surface area contributed by atoms with Crippen LogP contribution in [0.1, 0.15) is 18.9 Å². The highest BCUT2D eigenvalue weighted by atomic mass is 19.1. The average molecular weight is 279 g/mol. The van der Waals surface area contributed by atoms with Crippen molar-refractivity contribution in [3.63, 3.8) is 0 Å². The van der Waals surface area contributed by atoms with Crippen LogP contribution in [0.4, 0.5) is 4.39 Å². The van der Waals surface area contributed by atoms with Crippen LogP contribution in [-0.4, -0.2) is 47.9 Å². The lowest BCUT2D eigenvalue weighted by Crippen LogP contribution is -2.53. The van der Waals surface area contributed by atoms with E-state index < -0.39 is 0 Å². The van der Waals surface area contributed by atoms with E-state index in [1.807, 2.05) is 19.1 Å². The van der Waals surface area contributed by atoms with Gasteiger partial charge in [0, 0.05) is 38.3 Å². The van der Waals surface area contributed by atoms with Gasteiger partial charge in [0.25, 0.3) is 0 Å². The number of benzene rings is 1. The van der Waals surface area contributed by atoms with Crippen LogP contribution in [0.2, 0.25) is 0 Å². The van der Waals surface area contributed by atoms with Gasteiger partial charge < -0.3 is 5.73 Å². The highest BCUT2D eigenvalue weighted by Gasteiger charge is 2.26. The Morgan fingerprint density at radius 3 is 2.50 bits per heavy atom. The maximum absolute atomic E-state index is 13.6. The van der Waals surface area contributed by atoms with Crippen molar-refractivity contribution in [1.82, 2.24) is 9.80 Å². The zero-order chi connectivity index (χ0) is 14.5. The quantitative estimate of drug-likeness (QED) is 0.881. The molecule has 1 aromatic carbocycles. The number of primary amides is 1. The number of nitrogens with two attached hydrogens (primary N) is 1. The molecule has 110 valence electrons. The van der Waals surface area contributed by atoms with Gasteiger partial charge in [0.1, 0.15) is 5.82 Å². The monoisotopic (exact) mass is 279 g/mol. The van der Waals surface area contributed by atoms with Gasteiger partial charge in [-0.15, -0.1) is 0 Å². The normalized spacial score (nSPS) is 18.9. The van der Waals surface area contributed by atoms with Crippen LogP contribution in [0, 0.1) is 5.82 Å². The number of nitrogens with zero attached hydrogens (tertiary/aromatic N) is 2. The number of halogens is 1. The molecule has 1 saturated heterocycles. The summed E-state index contributed by atoms with van der Waals surface area (Å²) in [7, 11) is 0. The Labute approximate surface area is 119 Å². The van der Waals surface area contributed by atoms with Gasteiger partial charge in [-0.3, -0.25) is 14.6 Å². The van der Waals surface area contributed by atoms with Crippen molar-refractivity contribution < 1.29 is 9.18 Å². The first-order valence-electron chi connectivity index (χ1n) is 7.11. The predicted molar refractivity (Wildman–Crippen MR) is 76.5 cm³/mol. The van der Waals surface area contributed by atoms with Gasteiger partial charge in [-0.1, -0.05) is 25.1 Å². The Morgan fingerprint density at radius 2 is 1.95 bits per heavy atom. The first-order chi connectivity index (χ1) is 9.61. The molecule has 0 saturated carbocycles. The summed E-state index contributed by atoms with van der Waals surface area (Å²) in [6, 6.07) is 6.70. The molecule has 1 aliphatic heterocycles. The van der Waals surface area contributed by atoms with Crippen LogP contribution in [0.3, 0.4) is 0 Å². The Kier molecular flexibility index (Phi) is 5.09. The SMILES string of the molecule is CCC(C(N)=O)N1CCN(Cc2ccccc2F)CC1. The Hall–Kier alpha value is -1.46. The van der Waals surface area contributed by atoms with Crippen LogP contribution < -0.4 is 5.73 Å². The molecule has 0 aliphatic carbocycles. The molecular formula is C15H22FN3O. The van der Waals surface area contributed by atoms with E-state index in [0.29, 0.717) is 6.54 Å². The van der Waals surface area contributed by atoms with Gasteiger partial charge in [0.15, 0.2) is 0 Å². The zero-order valence-electron chi connectivity index (χ0n) is 11.9. The van der Waals surface area contributed by atoms with Gasteiger partial charge in [-0.05, 0) is 12.5 Å². The van der Waals surface area contributed by atoms with Crippen LogP contribution in [0.5, 0.6) is 0 Å². The molecule has 1 aromatic rings. The molecular weight excluding hydrogens is 257 g/mol. The molecule has 1 amide bonds. The maximum Gasteiger partial charge on any atom is 0.234 e. The number of rotatable bonds is 5. The smallest absolute Gasteiger partial charge is 0.234 e. The molecule has 2 rings (SSSR count). The fourth-order valence-electron chi connectivity index (χ4n) is 2.74. The zero-order valence-corrected chi connectivity index (χ0v) is 11.9. The van der Waals surface area contributed by atoms with Crippen molar-refractivity contribution >= 4 is 5.91 Å². The third-order valence-corrected chi connectivity index (χ3v) is 3.91. The Bertz CT molecular complexity index is 458. The van der Waals surface area contributed by atoms with Crippen molar-refractivity contribution in [2.75, 3.05) is 26.2 Å².